The monoisotopic (exact) mass is 303 g/mol. The predicted octanol–water partition coefficient (Wildman–Crippen LogP) is 0.0274. The molecule has 2 heterocycles. The second kappa shape index (κ2) is 6.27. The van der Waals surface area contributed by atoms with Crippen molar-refractivity contribution in [1.82, 2.24) is 13.9 Å². The van der Waals surface area contributed by atoms with Gasteiger partial charge in [-0.3, -0.25) is 0 Å². The summed E-state index contributed by atoms with van der Waals surface area (Å²) in [5.41, 5.74) is 0. The number of nitrogens with one attached hydrogen (secondary N) is 1. The molecule has 1 N–H and O–H groups in total. The summed E-state index contributed by atoms with van der Waals surface area (Å²) >= 11 is 0. The molecule has 3 fully saturated rings. The Balaban J connectivity index is 1.68. The summed E-state index contributed by atoms with van der Waals surface area (Å²) in [6.07, 6.45) is 4.22. The van der Waals surface area contributed by atoms with Crippen LogP contribution in [-0.2, 0) is 14.9 Å². The molecule has 0 radical (unpaired) electrons. The zero-order valence-corrected chi connectivity index (χ0v) is 12.8. The van der Waals surface area contributed by atoms with Crippen LogP contribution in [0.2, 0.25) is 0 Å². The zero-order chi connectivity index (χ0) is 14.0. The van der Waals surface area contributed by atoms with E-state index in [1.165, 1.54) is 0 Å². The average molecular weight is 303 g/mol. The number of hydrogen-bond donors (Lipinski definition) is 1. The second-order valence-electron chi connectivity index (χ2n) is 6.01. The maximum absolute atomic E-state index is 12.8. The van der Waals surface area contributed by atoms with Crippen LogP contribution in [0.1, 0.15) is 25.7 Å². The molecule has 1 aliphatic carbocycles. The highest BCUT2D eigenvalue weighted by Crippen LogP contribution is 2.32. The van der Waals surface area contributed by atoms with E-state index in [0.717, 1.165) is 38.8 Å². The molecule has 3 aliphatic rings. The lowest BCUT2D eigenvalue weighted by Crippen LogP contribution is -2.51. The normalized spacial score (nSPS) is 27.1. The van der Waals surface area contributed by atoms with Crippen molar-refractivity contribution in [1.29, 1.82) is 0 Å². The minimum Gasteiger partial charge on any atom is -0.379 e. The number of hydrogen-bond acceptors (Lipinski definition) is 4. The third kappa shape index (κ3) is 3.33. The van der Waals surface area contributed by atoms with Gasteiger partial charge in [-0.25, -0.2) is 0 Å². The van der Waals surface area contributed by atoms with Gasteiger partial charge in [-0.2, -0.15) is 17.0 Å². The van der Waals surface area contributed by atoms with Crippen molar-refractivity contribution in [3.05, 3.63) is 0 Å². The van der Waals surface area contributed by atoms with E-state index in [1.54, 1.807) is 8.61 Å². The molecular formula is C13H25N3O3S. The van der Waals surface area contributed by atoms with Crippen molar-refractivity contribution in [2.24, 2.45) is 5.92 Å². The van der Waals surface area contributed by atoms with Gasteiger partial charge in [0, 0.05) is 25.7 Å². The molecular weight excluding hydrogens is 278 g/mol. The number of morpholine rings is 1. The van der Waals surface area contributed by atoms with E-state index in [2.05, 4.69) is 5.32 Å². The molecule has 3 rings (SSSR count). The van der Waals surface area contributed by atoms with E-state index in [9.17, 15) is 8.42 Å². The summed E-state index contributed by atoms with van der Waals surface area (Å²) in [6.45, 7) is 4.76. The Bertz CT molecular complexity index is 413. The van der Waals surface area contributed by atoms with Gasteiger partial charge < -0.3 is 10.1 Å². The highest BCUT2D eigenvalue weighted by atomic mass is 32.2. The van der Waals surface area contributed by atoms with E-state index in [-0.39, 0.29) is 6.04 Å². The maximum atomic E-state index is 12.8. The first-order valence-electron chi connectivity index (χ1n) is 7.73. The number of nitrogens with zero attached hydrogens (tertiary/aromatic N) is 2. The SMILES string of the molecule is O=S(=O)(N1CCOCC1)N(CC1CCNCC1)C1CC1. The second-order valence-corrected chi connectivity index (χ2v) is 7.89. The Morgan fingerprint density at radius 2 is 1.75 bits per heavy atom. The third-order valence-electron chi connectivity index (χ3n) is 4.44. The van der Waals surface area contributed by atoms with E-state index >= 15 is 0 Å². The first-order chi connectivity index (χ1) is 9.68. The van der Waals surface area contributed by atoms with Crippen molar-refractivity contribution in [3.8, 4) is 0 Å². The number of rotatable bonds is 5. The van der Waals surface area contributed by atoms with Crippen LogP contribution < -0.4 is 5.32 Å². The summed E-state index contributed by atoms with van der Waals surface area (Å²) in [7, 11) is -3.29. The van der Waals surface area contributed by atoms with E-state index in [4.69, 9.17) is 4.74 Å². The largest absolute Gasteiger partial charge is 0.379 e. The van der Waals surface area contributed by atoms with Crippen LogP contribution in [-0.4, -0.2) is 69.0 Å². The molecule has 20 heavy (non-hydrogen) atoms. The van der Waals surface area contributed by atoms with Gasteiger partial charge in [-0.15, -0.1) is 0 Å². The Morgan fingerprint density at radius 3 is 2.35 bits per heavy atom. The summed E-state index contributed by atoms with van der Waals surface area (Å²) in [5.74, 6) is 0.507. The standard InChI is InChI=1S/C13H25N3O3S/c17-20(18,15-7-9-19-10-8-15)16(13-1-2-13)11-12-3-5-14-6-4-12/h12-14H,1-11H2. The minimum atomic E-state index is -3.29. The highest BCUT2D eigenvalue weighted by molar-refractivity contribution is 7.86. The lowest BCUT2D eigenvalue weighted by molar-refractivity contribution is 0.0694. The molecule has 0 unspecified atom stereocenters. The lowest BCUT2D eigenvalue weighted by atomic mass is 9.98. The highest BCUT2D eigenvalue weighted by Gasteiger charge is 2.41. The predicted molar refractivity (Wildman–Crippen MR) is 76.6 cm³/mol. The molecule has 6 nitrogen and oxygen atoms in total. The number of piperidine rings is 1. The number of ether oxygens (including phenoxy) is 1. The molecule has 2 saturated heterocycles. The summed E-state index contributed by atoms with van der Waals surface area (Å²) < 4.78 is 34.3. The fourth-order valence-corrected chi connectivity index (χ4v) is 4.93. The van der Waals surface area contributed by atoms with Crippen LogP contribution in [0.4, 0.5) is 0 Å². The van der Waals surface area contributed by atoms with E-state index in [0.29, 0.717) is 38.8 Å². The molecule has 2 aliphatic heterocycles. The van der Waals surface area contributed by atoms with Gasteiger partial charge in [-0.1, -0.05) is 0 Å². The van der Waals surface area contributed by atoms with E-state index < -0.39 is 10.2 Å². The fraction of sp³-hybridized carbons (Fsp3) is 1.00. The van der Waals surface area contributed by atoms with Gasteiger partial charge in [0.1, 0.15) is 0 Å². The van der Waals surface area contributed by atoms with Gasteiger partial charge in [-0.05, 0) is 44.7 Å². The van der Waals surface area contributed by atoms with Crippen LogP contribution in [0, 0.1) is 5.92 Å². The lowest BCUT2D eigenvalue weighted by Gasteiger charge is -2.35. The average Bonchev–Trinajstić information content (AvgIpc) is 3.31. The molecule has 1 saturated carbocycles. The minimum absolute atomic E-state index is 0.248. The van der Waals surface area contributed by atoms with Gasteiger partial charge in [0.25, 0.3) is 10.2 Å². The summed E-state index contributed by atoms with van der Waals surface area (Å²) in [4.78, 5) is 0. The van der Waals surface area contributed by atoms with Crippen LogP contribution in [0.3, 0.4) is 0 Å². The molecule has 7 heteroatoms. The fourth-order valence-electron chi connectivity index (χ4n) is 3.04. The van der Waals surface area contributed by atoms with Gasteiger partial charge in [0.15, 0.2) is 0 Å². The van der Waals surface area contributed by atoms with Gasteiger partial charge in [0.05, 0.1) is 13.2 Å². The van der Waals surface area contributed by atoms with Crippen molar-refractivity contribution in [2.75, 3.05) is 45.9 Å². The molecule has 0 bridgehead atoms. The quantitative estimate of drug-likeness (QED) is 0.778. The summed E-state index contributed by atoms with van der Waals surface area (Å²) in [5, 5.41) is 3.34. The van der Waals surface area contributed by atoms with Gasteiger partial charge >= 0.3 is 0 Å². The molecule has 0 aromatic heterocycles. The Hall–Kier alpha value is -0.210. The van der Waals surface area contributed by atoms with Crippen molar-refractivity contribution >= 4 is 10.2 Å². The van der Waals surface area contributed by atoms with Crippen LogP contribution in [0.5, 0.6) is 0 Å². The van der Waals surface area contributed by atoms with Crippen LogP contribution >= 0.6 is 0 Å². The van der Waals surface area contributed by atoms with E-state index in [1.807, 2.05) is 0 Å². The van der Waals surface area contributed by atoms with Crippen molar-refractivity contribution in [3.63, 3.8) is 0 Å². The molecule has 0 aromatic carbocycles. The Labute approximate surface area is 121 Å². The van der Waals surface area contributed by atoms with Crippen molar-refractivity contribution < 1.29 is 13.2 Å². The van der Waals surface area contributed by atoms with Gasteiger partial charge in [0.2, 0.25) is 0 Å². The Morgan fingerprint density at radius 1 is 1.10 bits per heavy atom. The topological polar surface area (TPSA) is 61.9 Å². The molecule has 0 aromatic rings. The first kappa shape index (κ1) is 14.7. The van der Waals surface area contributed by atoms with Crippen molar-refractivity contribution in [2.45, 2.75) is 31.7 Å². The molecule has 0 atom stereocenters. The van der Waals surface area contributed by atoms with Crippen LogP contribution in [0.25, 0.3) is 0 Å². The smallest absolute Gasteiger partial charge is 0.282 e. The first-order valence-corrected chi connectivity index (χ1v) is 9.13. The Kier molecular flexibility index (Phi) is 4.62. The molecule has 116 valence electrons. The third-order valence-corrected chi connectivity index (χ3v) is 6.50. The zero-order valence-electron chi connectivity index (χ0n) is 12.0. The van der Waals surface area contributed by atoms with Crippen LogP contribution in [0.15, 0.2) is 0 Å². The summed E-state index contributed by atoms with van der Waals surface area (Å²) in [6, 6.07) is 0.248. The molecule has 0 amide bonds. The maximum Gasteiger partial charge on any atom is 0.282 e. The molecule has 0 spiro atoms.